The zero-order chi connectivity index (χ0) is 19.2. The van der Waals surface area contributed by atoms with Gasteiger partial charge < -0.3 is 5.32 Å². The number of amides is 1. The van der Waals surface area contributed by atoms with Crippen LogP contribution >= 0.6 is 12.2 Å². The summed E-state index contributed by atoms with van der Waals surface area (Å²) in [6.45, 7) is 2.22. The summed E-state index contributed by atoms with van der Waals surface area (Å²) in [5.41, 5.74) is 1.65. The number of nitrogens with zero attached hydrogens (tertiary/aromatic N) is 2. The Labute approximate surface area is 161 Å². The minimum Gasteiger partial charge on any atom is -0.332 e. The molecule has 27 heavy (non-hydrogen) atoms. The SMILES string of the molecule is CCn1cc(C(=O)NC(=S)Nc2ccccc2)c(-c2ccccc2)nc1=O. The van der Waals surface area contributed by atoms with Gasteiger partial charge in [0.1, 0.15) is 0 Å². The molecule has 7 heteroatoms. The average Bonchev–Trinajstić information content (AvgIpc) is 2.69. The van der Waals surface area contributed by atoms with Crippen molar-refractivity contribution in [2.45, 2.75) is 13.5 Å². The summed E-state index contributed by atoms with van der Waals surface area (Å²) >= 11 is 5.23. The predicted molar refractivity (Wildman–Crippen MR) is 110 cm³/mol. The van der Waals surface area contributed by atoms with Gasteiger partial charge in [-0.05, 0) is 31.3 Å². The molecule has 136 valence electrons. The molecule has 0 saturated carbocycles. The maximum atomic E-state index is 12.8. The minimum atomic E-state index is -0.433. The zero-order valence-corrected chi connectivity index (χ0v) is 15.5. The van der Waals surface area contributed by atoms with Crippen LogP contribution in [0, 0.1) is 0 Å². The number of carbonyl (C=O) groups is 1. The predicted octanol–water partition coefficient (Wildman–Crippen LogP) is 3.06. The summed E-state index contributed by atoms with van der Waals surface area (Å²) < 4.78 is 1.38. The van der Waals surface area contributed by atoms with E-state index in [2.05, 4.69) is 15.6 Å². The molecule has 0 fully saturated rings. The third kappa shape index (κ3) is 4.45. The van der Waals surface area contributed by atoms with Crippen molar-refractivity contribution >= 4 is 28.9 Å². The molecule has 0 radical (unpaired) electrons. The zero-order valence-electron chi connectivity index (χ0n) is 14.7. The normalized spacial score (nSPS) is 10.3. The Hall–Kier alpha value is -3.32. The number of hydrogen-bond acceptors (Lipinski definition) is 4. The van der Waals surface area contributed by atoms with Crippen LogP contribution in [0.2, 0.25) is 0 Å². The number of hydrogen-bond donors (Lipinski definition) is 2. The van der Waals surface area contributed by atoms with Crippen molar-refractivity contribution < 1.29 is 4.79 Å². The number of para-hydroxylation sites is 1. The maximum Gasteiger partial charge on any atom is 0.348 e. The molecule has 0 unspecified atom stereocenters. The first-order chi connectivity index (χ1) is 13.1. The molecule has 2 aromatic carbocycles. The molecule has 3 rings (SSSR count). The minimum absolute atomic E-state index is 0.166. The van der Waals surface area contributed by atoms with Crippen LogP contribution in [0.15, 0.2) is 71.7 Å². The summed E-state index contributed by atoms with van der Waals surface area (Å²) in [4.78, 5) is 29.1. The topological polar surface area (TPSA) is 76.0 Å². The van der Waals surface area contributed by atoms with E-state index in [1.807, 2.05) is 55.5 Å². The molecule has 0 aliphatic rings. The van der Waals surface area contributed by atoms with E-state index in [-0.39, 0.29) is 10.7 Å². The lowest BCUT2D eigenvalue weighted by Crippen LogP contribution is -2.36. The van der Waals surface area contributed by atoms with E-state index in [1.54, 1.807) is 12.1 Å². The van der Waals surface area contributed by atoms with Crippen LogP contribution in [0.4, 0.5) is 5.69 Å². The van der Waals surface area contributed by atoms with E-state index in [0.717, 1.165) is 5.69 Å². The summed E-state index contributed by atoms with van der Waals surface area (Å²) in [7, 11) is 0. The number of thiocarbonyl (C=S) groups is 1. The fraction of sp³-hybridized carbons (Fsp3) is 0.100. The third-order valence-corrected chi connectivity index (χ3v) is 4.09. The van der Waals surface area contributed by atoms with Gasteiger partial charge in [0.25, 0.3) is 5.91 Å². The average molecular weight is 378 g/mol. The molecular weight excluding hydrogens is 360 g/mol. The maximum absolute atomic E-state index is 12.8. The molecule has 0 saturated heterocycles. The van der Waals surface area contributed by atoms with Crippen molar-refractivity contribution in [3.8, 4) is 11.3 Å². The number of aromatic nitrogens is 2. The molecule has 0 spiro atoms. The van der Waals surface area contributed by atoms with Crippen molar-refractivity contribution in [1.82, 2.24) is 14.9 Å². The number of benzene rings is 2. The second-order valence-corrected chi connectivity index (χ2v) is 6.12. The molecular formula is C20H18N4O2S. The largest absolute Gasteiger partial charge is 0.348 e. The van der Waals surface area contributed by atoms with E-state index in [0.29, 0.717) is 17.8 Å². The van der Waals surface area contributed by atoms with E-state index < -0.39 is 11.6 Å². The highest BCUT2D eigenvalue weighted by Gasteiger charge is 2.18. The van der Waals surface area contributed by atoms with Crippen LogP contribution in [-0.2, 0) is 6.54 Å². The second-order valence-electron chi connectivity index (χ2n) is 5.71. The molecule has 1 amide bonds. The Balaban J connectivity index is 1.91. The van der Waals surface area contributed by atoms with Gasteiger partial charge in [-0.3, -0.25) is 14.7 Å². The monoisotopic (exact) mass is 378 g/mol. The Kier molecular flexibility index (Phi) is 5.73. The molecule has 0 aliphatic carbocycles. The van der Waals surface area contributed by atoms with Crippen LogP contribution in [-0.4, -0.2) is 20.6 Å². The highest BCUT2D eigenvalue weighted by atomic mass is 32.1. The van der Waals surface area contributed by atoms with Gasteiger partial charge in [0.15, 0.2) is 5.11 Å². The van der Waals surface area contributed by atoms with Gasteiger partial charge >= 0.3 is 5.69 Å². The quantitative estimate of drug-likeness (QED) is 0.683. The standard InChI is InChI=1S/C20H18N4O2S/c1-2-24-13-16(17(22-20(24)26)14-9-5-3-6-10-14)18(25)23-19(27)21-15-11-7-4-8-12-15/h3-13H,2H2,1H3,(H2,21,23,25,27). The summed E-state index contributed by atoms with van der Waals surface area (Å²) in [6, 6.07) is 18.4. The highest BCUT2D eigenvalue weighted by molar-refractivity contribution is 7.80. The van der Waals surface area contributed by atoms with Crippen LogP contribution in [0.3, 0.4) is 0 Å². The first-order valence-electron chi connectivity index (χ1n) is 8.42. The third-order valence-electron chi connectivity index (χ3n) is 3.88. The molecule has 3 aromatic rings. The van der Waals surface area contributed by atoms with Crippen LogP contribution in [0.5, 0.6) is 0 Å². The van der Waals surface area contributed by atoms with Crippen LogP contribution in [0.25, 0.3) is 11.3 Å². The van der Waals surface area contributed by atoms with E-state index in [9.17, 15) is 9.59 Å². The van der Waals surface area contributed by atoms with Gasteiger partial charge in [-0.2, -0.15) is 4.98 Å². The van der Waals surface area contributed by atoms with E-state index >= 15 is 0 Å². The first-order valence-corrected chi connectivity index (χ1v) is 8.83. The van der Waals surface area contributed by atoms with E-state index in [4.69, 9.17) is 12.2 Å². The lowest BCUT2D eigenvalue weighted by atomic mass is 10.1. The highest BCUT2D eigenvalue weighted by Crippen LogP contribution is 2.19. The number of nitrogens with one attached hydrogen (secondary N) is 2. The summed E-state index contributed by atoms with van der Waals surface area (Å²) in [5.74, 6) is -0.433. The van der Waals surface area contributed by atoms with Gasteiger partial charge in [-0.15, -0.1) is 0 Å². The Bertz CT molecular complexity index is 1020. The molecule has 1 heterocycles. The van der Waals surface area contributed by atoms with Crippen LogP contribution < -0.4 is 16.3 Å². The fourth-order valence-electron chi connectivity index (χ4n) is 2.56. The molecule has 2 N–H and O–H groups in total. The fourth-order valence-corrected chi connectivity index (χ4v) is 2.77. The Morgan fingerprint density at radius 2 is 1.70 bits per heavy atom. The molecule has 0 bridgehead atoms. The lowest BCUT2D eigenvalue weighted by molar-refractivity contribution is 0.0977. The lowest BCUT2D eigenvalue weighted by Gasteiger charge is -2.13. The van der Waals surface area contributed by atoms with Gasteiger partial charge in [0.2, 0.25) is 0 Å². The van der Waals surface area contributed by atoms with Gasteiger partial charge in [0.05, 0.1) is 11.3 Å². The molecule has 6 nitrogen and oxygen atoms in total. The smallest absolute Gasteiger partial charge is 0.332 e. The van der Waals surface area contributed by atoms with Crippen LogP contribution in [0.1, 0.15) is 17.3 Å². The van der Waals surface area contributed by atoms with Crippen molar-refractivity contribution in [1.29, 1.82) is 0 Å². The van der Waals surface area contributed by atoms with Gasteiger partial charge in [-0.25, -0.2) is 4.79 Å². The Morgan fingerprint density at radius 3 is 2.33 bits per heavy atom. The molecule has 0 atom stereocenters. The van der Waals surface area contributed by atoms with Crippen molar-refractivity contribution in [3.05, 3.63) is 82.9 Å². The summed E-state index contributed by atoms with van der Waals surface area (Å²) in [5, 5.41) is 5.77. The van der Waals surface area contributed by atoms with Crippen molar-refractivity contribution in [2.24, 2.45) is 0 Å². The van der Waals surface area contributed by atoms with Gasteiger partial charge in [0, 0.05) is 24.0 Å². The van der Waals surface area contributed by atoms with E-state index in [1.165, 1.54) is 10.8 Å². The summed E-state index contributed by atoms with van der Waals surface area (Å²) in [6.07, 6.45) is 1.51. The Morgan fingerprint density at radius 1 is 1.07 bits per heavy atom. The molecule has 0 aliphatic heterocycles. The van der Waals surface area contributed by atoms with Crippen molar-refractivity contribution in [2.75, 3.05) is 5.32 Å². The number of aryl methyl sites for hydroxylation is 1. The second kappa shape index (κ2) is 8.37. The number of anilines is 1. The molecule has 1 aromatic heterocycles. The van der Waals surface area contributed by atoms with Crippen molar-refractivity contribution in [3.63, 3.8) is 0 Å². The first kappa shape index (κ1) is 18.5. The number of rotatable bonds is 4. The van der Waals surface area contributed by atoms with Gasteiger partial charge in [-0.1, -0.05) is 48.5 Å². The number of carbonyl (C=O) groups excluding carboxylic acids is 1.